The molecule has 23 heavy (non-hydrogen) atoms. The van der Waals surface area contributed by atoms with Gasteiger partial charge in [0.15, 0.2) is 0 Å². The van der Waals surface area contributed by atoms with Crippen LogP contribution < -0.4 is 0 Å². The molecular weight excluding hydrogens is 393 g/mol. The summed E-state index contributed by atoms with van der Waals surface area (Å²) < 4.78 is 0. The molecule has 2 aliphatic heterocycles. The van der Waals surface area contributed by atoms with Gasteiger partial charge in [-0.2, -0.15) is 0 Å². The second-order valence-corrected chi connectivity index (χ2v) is 3.97. The van der Waals surface area contributed by atoms with Crippen LogP contribution in [0.15, 0.2) is 0 Å². The fraction of sp³-hybridized carbons (Fsp3) is 0.600. The number of rotatable bonds is 0. The number of carbonyl (C=O) groups is 4. The Bertz CT molecular complexity index is 374. The summed E-state index contributed by atoms with van der Waals surface area (Å²) in [7, 11) is 0. The van der Waals surface area contributed by atoms with E-state index in [1.807, 2.05) is 0 Å². The van der Waals surface area contributed by atoms with Crippen molar-refractivity contribution < 1.29 is 38.5 Å². The van der Waals surface area contributed by atoms with Crippen LogP contribution in [-0.4, -0.2) is 202 Å². The van der Waals surface area contributed by atoms with Gasteiger partial charge in [0.25, 0.3) is 0 Å². The van der Waals surface area contributed by atoms with E-state index >= 15 is 0 Å². The van der Waals surface area contributed by atoms with Crippen LogP contribution in [0.2, 0.25) is 0 Å². The molecule has 0 aromatic carbocycles. The van der Waals surface area contributed by atoms with Gasteiger partial charge < -0.3 is 19.4 Å². The summed E-state index contributed by atoms with van der Waals surface area (Å²) in [6.45, 7) is -0.309. The average Bonchev–Trinajstić information content (AvgIpc) is 2.39. The van der Waals surface area contributed by atoms with Crippen molar-refractivity contribution in [3.63, 3.8) is 0 Å². The number of nitrogens with zero attached hydrogens (tertiary/aromatic N) is 2. The molecule has 113 valence electrons. The minimum atomic E-state index is -0.739. The second kappa shape index (κ2) is 14.7. The van der Waals surface area contributed by atoms with Crippen molar-refractivity contribution in [1.29, 1.82) is 0 Å². The molecule has 0 aliphatic carbocycles. The normalized spacial score (nSPS) is 25.0. The van der Waals surface area contributed by atoms with Crippen LogP contribution >= 0.6 is 0 Å². The average molecular weight is 406 g/mol. The predicted octanol–water partition coefficient (Wildman–Crippen LogP) is -2.13. The maximum atomic E-state index is 11.4. The molecule has 2 heterocycles. The zero-order chi connectivity index (χ0) is 14.5. The third-order valence-electron chi connectivity index (χ3n) is 2.35. The SMILES string of the molecule is O=C1CCC(=O)ON2CCN(O1)OC(=O)CCC(=O)O2.[K].[K].[K]. The van der Waals surface area contributed by atoms with E-state index in [0.717, 1.165) is 0 Å². The first kappa shape index (κ1) is 27.9. The van der Waals surface area contributed by atoms with Gasteiger partial charge in [-0.1, -0.05) is 0 Å². The standard InChI is InChI=1S/C10H12N2O8.3K/c13-7-1-2-8(14)18-12-6-5-11(17-7)19-9(15)3-4-10(16)20-12;;;/h1-6H2;;;. The Morgan fingerprint density at radius 2 is 0.739 bits per heavy atom. The third-order valence-corrected chi connectivity index (χ3v) is 2.35. The van der Waals surface area contributed by atoms with E-state index in [-0.39, 0.29) is 193 Å². The Morgan fingerprint density at radius 1 is 0.522 bits per heavy atom. The molecule has 3 radical (unpaired) electrons. The molecule has 2 saturated heterocycles. The van der Waals surface area contributed by atoms with Crippen LogP contribution in [0.25, 0.3) is 0 Å². The van der Waals surface area contributed by atoms with Gasteiger partial charge in [0.1, 0.15) is 0 Å². The topological polar surface area (TPSA) is 112 Å². The van der Waals surface area contributed by atoms with E-state index in [0.29, 0.717) is 10.5 Å². The second-order valence-electron chi connectivity index (χ2n) is 3.97. The Balaban J connectivity index is 0. The number of hydrogen-bond donors (Lipinski definition) is 0. The largest absolute Gasteiger partial charge is 0.333 e. The first-order valence-corrected chi connectivity index (χ1v) is 5.91. The van der Waals surface area contributed by atoms with E-state index < -0.39 is 23.9 Å². The van der Waals surface area contributed by atoms with Crippen LogP contribution in [0.4, 0.5) is 0 Å². The minimum absolute atomic E-state index is 0. The van der Waals surface area contributed by atoms with E-state index in [1.54, 1.807) is 0 Å². The van der Waals surface area contributed by atoms with E-state index in [9.17, 15) is 19.2 Å². The number of hydrogen-bond acceptors (Lipinski definition) is 10. The molecule has 0 unspecified atom stereocenters. The van der Waals surface area contributed by atoms with Gasteiger partial charge in [-0.3, -0.25) is 19.2 Å². The number of fused-ring (bicyclic) bond motifs is 3. The molecule has 2 fully saturated rings. The van der Waals surface area contributed by atoms with Crippen LogP contribution in [0, 0.1) is 0 Å². The Labute approximate surface area is 259 Å². The molecule has 0 N–H and O–H groups in total. The molecule has 0 spiro atoms. The summed E-state index contributed by atoms with van der Waals surface area (Å²) in [4.78, 5) is 64.6. The Kier molecular flexibility index (Phi) is 17.9. The molecular formula is C10H12K3N2O8. The van der Waals surface area contributed by atoms with Crippen molar-refractivity contribution in [2.45, 2.75) is 25.7 Å². The molecule has 0 amide bonds. The predicted molar refractivity (Wildman–Crippen MR) is 73.5 cm³/mol. The quantitative estimate of drug-likeness (QED) is 0.414. The molecule has 0 saturated carbocycles. The van der Waals surface area contributed by atoms with Crippen molar-refractivity contribution in [3.8, 4) is 0 Å². The van der Waals surface area contributed by atoms with Crippen molar-refractivity contribution >= 4 is 178 Å². The van der Waals surface area contributed by atoms with E-state index in [2.05, 4.69) is 0 Å². The summed E-state index contributed by atoms with van der Waals surface area (Å²) in [6.07, 6.45) is -1.02. The summed E-state index contributed by atoms with van der Waals surface area (Å²) in [5, 5.41) is 1.35. The van der Waals surface area contributed by atoms with Gasteiger partial charge >= 0.3 is 23.9 Å². The van der Waals surface area contributed by atoms with Gasteiger partial charge in [-0.25, -0.2) is 0 Å². The first-order valence-electron chi connectivity index (χ1n) is 5.91. The zero-order valence-corrected chi connectivity index (χ0v) is 22.8. The minimum Gasteiger partial charge on any atom is -0.333 e. The van der Waals surface area contributed by atoms with Crippen LogP contribution in [0.1, 0.15) is 25.7 Å². The maximum Gasteiger partial charge on any atom is 0.329 e. The van der Waals surface area contributed by atoms with Gasteiger partial charge in [0.2, 0.25) is 0 Å². The first-order chi connectivity index (χ1) is 9.52. The molecule has 2 aliphatic rings. The maximum absolute atomic E-state index is 11.4. The smallest absolute Gasteiger partial charge is 0.329 e. The van der Waals surface area contributed by atoms with Crippen LogP contribution in [-0.2, 0) is 38.5 Å². The van der Waals surface area contributed by atoms with Gasteiger partial charge in [-0.15, -0.1) is 0 Å². The summed E-state index contributed by atoms with van der Waals surface area (Å²) >= 11 is 0. The molecule has 10 nitrogen and oxygen atoms in total. The van der Waals surface area contributed by atoms with Crippen molar-refractivity contribution in [2.75, 3.05) is 13.1 Å². The molecule has 0 aromatic rings. The zero-order valence-electron chi connectivity index (χ0n) is 13.4. The van der Waals surface area contributed by atoms with Crippen molar-refractivity contribution in [3.05, 3.63) is 0 Å². The fourth-order valence-electron chi connectivity index (χ4n) is 1.43. The van der Waals surface area contributed by atoms with E-state index in [4.69, 9.17) is 19.4 Å². The molecule has 13 heteroatoms. The Morgan fingerprint density at radius 3 is 0.957 bits per heavy atom. The van der Waals surface area contributed by atoms with Crippen molar-refractivity contribution in [1.82, 2.24) is 10.5 Å². The van der Waals surface area contributed by atoms with Gasteiger partial charge in [0, 0.05) is 165 Å². The van der Waals surface area contributed by atoms with E-state index in [1.165, 1.54) is 0 Å². The molecule has 2 bridgehead atoms. The molecule has 0 atom stereocenters. The van der Waals surface area contributed by atoms with Crippen LogP contribution in [0.3, 0.4) is 0 Å². The van der Waals surface area contributed by atoms with Gasteiger partial charge in [0.05, 0.1) is 38.8 Å². The summed E-state index contributed by atoms with van der Waals surface area (Å²) in [5.74, 6) is -2.95. The summed E-state index contributed by atoms with van der Waals surface area (Å²) in [5.41, 5.74) is 0. The summed E-state index contributed by atoms with van der Waals surface area (Å²) in [6, 6.07) is 0. The van der Waals surface area contributed by atoms with Crippen molar-refractivity contribution in [2.24, 2.45) is 0 Å². The molecule has 0 aromatic heterocycles. The fourth-order valence-corrected chi connectivity index (χ4v) is 1.43. The monoisotopic (exact) mass is 405 g/mol. The number of carbonyl (C=O) groups excluding carboxylic acids is 4. The van der Waals surface area contributed by atoms with Crippen LogP contribution in [0.5, 0.6) is 0 Å². The number of hydroxylamine groups is 4. The molecule has 2 rings (SSSR count). The third kappa shape index (κ3) is 11.2. The Hall–Kier alpha value is 2.71. The van der Waals surface area contributed by atoms with Gasteiger partial charge in [-0.05, 0) is 0 Å².